The van der Waals surface area contributed by atoms with Gasteiger partial charge in [-0.2, -0.15) is 0 Å². The highest BCUT2D eigenvalue weighted by Crippen LogP contribution is 2.31. The quantitative estimate of drug-likeness (QED) is 0.888. The van der Waals surface area contributed by atoms with E-state index in [0.717, 1.165) is 18.4 Å². The number of carbonyl (C=O) groups excluding carboxylic acids is 1. The first-order valence-corrected chi connectivity index (χ1v) is 8.42. The highest BCUT2D eigenvalue weighted by atomic mass is 32.2. The van der Waals surface area contributed by atoms with E-state index in [4.69, 9.17) is 0 Å². The summed E-state index contributed by atoms with van der Waals surface area (Å²) in [7, 11) is -3.29. The van der Waals surface area contributed by atoms with Gasteiger partial charge in [-0.3, -0.25) is 4.31 Å². The first-order valence-electron chi connectivity index (χ1n) is 6.57. The van der Waals surface area contributed by atoms with Gasteiger partial charge in [0.25, 0.3) is 0 Å². The minimum Gasteiger partial charge on any atom is -0.338 e. The third-order valence-corrected chi connectivity index (χ3v) is 4.34. The van der Waals surface area contributed by atoms with Crippen molar-refractivity contribution in [2.45, 2.75) is 19.8 Å². The predicted molar refractivity (Wildman–Crippen MR) is 79.6 cm³/mol. The number of hydrogen-bond acceptors (Lipinski definition) is 3. The minimum absolute atomic E-state index is 0.297. The summed E-state index contributed by atoms with van der Waals surface area (Å²) in [6, 6.07) is 5.08. The van der Waals surface area contributed by atoms with E-state index in [2.05, 4.69) is 10.6 Å². The van der Waals surface area contributed by atoms with Gasteiger partial charge in [0.1, 0.15) is 0 Å². The Morgan fingerprint density at radius 3 is 2.80 bits per heavy atom. The molecule has 0 radical (unpaired) electrons. The van der Waals surface area contributed by atoms with Crippen LogP contribution >= 0.6 is 0 Å². The number of amides is 2. The van der Waals surface area contributed by atoms with Crippen molar-refractivity contribution < 1.29 is 13.2 Å². The van der Waals surface area contributed by atoms with Crippen LogP contribution in [-0.4, -0.2) is 33.8 Å². The van der Waals surface area contributed by atoms with Crippen LogP contribution in [0.5, 0.6) is 0 Å². The van der Waals surface area contributed by atoms with Gasteiger partial charge in [-0.05, 0) is 37.5 Å². The fourth-order valence-electron chi connectivity index (χ4n) is 2.30. The first kappa shape index (κ1) is 14.6. The molecule has 0 bridgehead atoms. The van der Waals surface area contributed by atoms with Gasteiger partial charge >= 0.3 is 6.03 Å². The molecule has 1 aromatic carbocycles. The predicted octanol–water partition coefficient (Wildman–Crippen LogP) is 1.54. The Balaban J connectivity index is 2.31. The molecule has 0 fully saturated rings. The van der Waals surface area contributed by atoms with Gasteiger partial charge in [0.2, 0.25) is 10.0 Å². The van der Waals surface area contributed by atoms with E-state index in [1.54, 1.807) is 12.1 Å². The van der Waals surface area contributed by atoms with Gasteiger partial charge in [-0.15, -0.1) is 0 Å². The molecule has 0 aromatic heterocycles. The topological polar surface area (TPSA) is 78.5 Å². The van der Waals surface area contributed by atoms with Crippen LogP contribution in [0.3, 0.4) is 0 Å². The lowest BCUT2D eigenvalue weighted by Crippen LogP contribution is -2.34. The number of nitrogens with zero attached hydrogens (tertiary/aromatic N) is 1. The number of carbonyl (C=O) groups is 1. The molecule has 1 heterocycles. The molecule has 7 heteroatoms. The number of rotatable bonds is 3. The van der Waals surface area contributed by atoms with E-state index in [9.17, 15) is 13.2 Å². The van der Waals surface area contributed by atoms with Crippen molar-refractivity contribution in [3.8, 4) is 0 Å². The van der Waals surface area contributed by atoms with Gasteiger partial charge in [0.05, 0.1) is 11.9 Å². The number of sulfonamides is 1. The van der Waals surface area contributed by atoms with Crippen molar-refractivity contribution in [3.05, 3.63) is 23.8 Å². The van der Waals surface area contributed by atoms with Crippen LogP contribution in [0.25, 0.3) is 0 Å². The summed E-state index contributed by atoms with van der Waals surface area (Å²) in [5, 5.41) is 5.33. The van der Waals surface area contributed by atoms with Crippen molar-refractivity contribution in [2.75, 3.05) is 29.0 Å². The molecule has 110 valence electrons. The van der Waals surface area contributed by atoms with Crippen molar-refractivity contribution in [1.29, 1.82) is 0 Å². The van der Waals surface area contributed by atoms with Crippen molar-refractivity contribution in [2.24, 2.45) is 0 Å². The molecular weight excluding hydrogens is 278 g/mol. The zero-order chi connectivity index (χ0) is 14.8. The molecule has 2 rings (SSSR count). The normalized spacial score (nSPS) is 14.6. The Kier molecular flexibility index (Phi) is 4.17. The van der Waals surface area contributed by atoms with Gasteiger partial charge in [-0.25, -0.2) is 13.2 Å². The van der Waals surface area contributed by atoms with Gasteiger partial charge in [0.15, 0.2) is 0 Å². The summed E-state index contributed by atoms with van der Waals surface area (Å²) >= 11 is 0. The molecule has 0 saturated heterocycles. The molecule has 0 saturated carbocycles. The molecule has 0 spiro atoms. The first-order chi connectivity index (χ1) is 9.41. The molecule has 0 unspecified atom stereocenters. The number of anilines is 2. The second kappa shape index (κ2) is 5.70. The second-order valence-electron chi connectivity index (χ2n) is 4.77. The van der Waals surface area contributed by atoms with Gasteiger partial charge < -0.3 is 10.6 Å². The number of urea groups is 1. The molecule has 1 aliphatic rings. The van der Waals surface area contributed by atoms with Crippen molar-refractivity contribution >= 4 is 27.4 Å². The minimum atomic E-state index is -3.29. The summed E-state index contributed by atoms with van der Waals surface area (Å²) in [5.41, 5.74) is 2.24. The third kappa shape index (κ3) is 3.22. The Hall–Kier alpha value is -1.76. The maximum absolute atomic E-state index is 11.8. The summed E-state index contributed by atoms with van der Waals surface area (Å²) in [4.78, 5) is 11.5. The number of benzene rings is 1. The number of nitrogens with one attached hydrogen (secondary N) is 2. The molecule has 0 atom stereocenters. The monoisotopic (exact) mass is 297 g/mol. The van der Waals surface area contributed by atoms with E-state index >= 15 is 0 Å². The molecular formula is C13H19N3O3S. The Morgan fingerprint density at radius 2 is 2.15 bits per heavy atom. The summed E-state index contributed by atoms with van der Waals surface area (Å²) < 4.78 is 25.0. The van der Waals surface area contributed by atoms with Crippen LogP contribution in [0.2, 0.25) is 0 Å². The van der Waals surface area contributed by atoms with Crippen molar-refractivity contribution in [1.82, 2.24) is 5.32 Å². The van der Waals surface area contributed by atoms with E-state index in [-0.39, 0.29) is 6.03 Å². The van der Waals surface area contributed by atoms with Gasteiger partial charge in [0, 0.05) is 18.8 Å². The Morgan fingerprint density at radius 1 is 1.40 bits per heavy atom. The molecule has 0 aliphatic carbocycles. The lowest BCUT2D eigenvalue weighted by molar-refractivity contribution is 0.252. The Labute approximate surface area is 119 Å². The van der Waals surface area contributed by atoms with Crippen LogP contribution in [0.1, 0.15) is 18.9 Å². The molecule has 20 heavy (non-hydrogen) atoms. The maximum atomic E-state index is 11.8. The maximum Gasteiger partial charge on any atom is 0.319 e. The molecule has 6 nitrogen and oxygen atoms in total. The Bertz CT molecular complexity index is 613. The van der Waals surface area contributed by atoms with E-state index < -0.39 is 10.0 Å². The zero-order valence-corrected chi connectivity index (χ0v) is 12.5. The van der Waals surface area contributed by atoms with Crippen molar-refractivity contribution in [3.63, 3.8) is 0 Å². The lowest BCUT2D eigenvalue weighted by atomic mass is 10.0. The summed E-state index contributed by atoms with van der Waals surface area (Å²) in [6.07, 6.45) is 2.86. The zero-order valence-electron chi connectivity index (χ0n) is 11.6. The average Bonchev–Trinajstić information content (AvgIpc) is 2.37. The standard InChI is InChI=1S/C13H19N3O3S/c1-3-14-13(17)15-11-7-6-10-5-4-8-16(12(10)9-11)20(2,18)19/h6-7,9H,3-5,8H2,1-2H3,(H2,14,15,17). The average molecular weight is 297 g/mol. The van der Waals surface area contributed by atoms with E-state index in [1.807, 2.05) is 13.0 Å². The number of hydrogen-bond donors (Lipinski definition) is 2. The van der Waals surface area contributed by atoms with E-state index in [1.165, 1.54) is 10.6 Å². The van der Waals surface area contributed by atoms with Crippen LogP contribution < -0.4 is 14.9 Å². The van der Waals surface area contributed by atoms with Gasteiger partial charge in [-0.1, -0.05) is 6.07 Å². The van der Waals surface area contributed by atoms with Crippen LogP contribution in [0.15, 0.2) is 18.2 Å². The summed E-state index contributed by atoms with van der Waals surface area (Å²) in [5.74, 6) is 0. The third-order valence-electron chi connectivity index (χ3n) is 3.16. The smallest absolute Gasteiger partial charge is 0.319 e. The highest BCUT2D eigenvalue weighted by molar-refractivity contribution is 7.92. The second-order valence-corrected chi connectivity index (χ2v) is 6.67. The number of fused-ring (bicyclic) bond motifs is 1. The lowest BCUT2D eigenvalue weighted by Gasteiger charge is -2.29. The fourth-order valence-corrected chi connectivity index (χ4v) is 3.29. The number of aryl methyl sites for hydroxylation is 1. The fraction of sp³-hybridized carbons (Fsp3) is 0.462. The molecule has 2 N–H and O–H groups in total. The van der Waals surface area contributed by atoms with E-state index in [0.29, 0.717) is 24.5 Å². The largest absolute Gasteiger partial charge is 0.338 e. The summed E-state index contributed by atoms with van der Waals surface area (Å²) in [6.45, 7) is 2.85. The molecule has 2 amide bonds. The molecule has 1 aliphatic heterocycles. The van der Waals surface area contributed by atoms with Crippen LogP contribution in [0.4, 0.5) is 16.2 Å². The van der Waals surface area contributed by atoms with Crippen LogP contribution in [-0.2, 0) is 16.4 Å². The highest BCUT2D eigenvalue weighted by Gasteiger charge is 2.24. The van der Waals surface area contributed by atoms with Crippen LogP contribution in [0, 0.1) is 0 Å². The molecule has 1 aromatic rings. The SMILES string of the molecule is CCNC(=O)Nc1ccc2c(c1)N(S(C)(=O)=O)CCC2.